The van der Waals surface area contributed by atoms with Gasteiger partial charge in [0.1, 0.15) is 42.7 Å². The maximum absolute atomic E-state index is 12.8. The highest BCUT2D eigenvalue weighted by Gasteiger charge is 2.51. The molecule has 0 aliphatic heterocycles. The minimum atomic E-state index is -5.02. The minimum absolute atomic E-state index is 0.0879. The molecular weight excluding hydrogens is 751 g/mol. The molecule has 13 heteroatoms. The van der Waals surface area contributed by atoms with E-state index in [4.69, 9.17) is 18.5 Å². The molecule has 1 fully saturated rings. The van der Waals surface area contributed by atoms with Gasteiger partial charge >= 0.3 is 13.8 Å². The fraction of sp³-hybridized carbons (Fsp3) is 0.795. The van der Waals surface area contributed by atoms with E-state index in [2.05, 4.69) is 62.5 Å². The van der Waals surface area contributed by atoms with Crippen molar-refractivity contribution in [1.29, 1.82) is 0 Å². The lowest BCUT2D eigenvalue weighted by Crippen LogP contribution is -2.64. The third-order valence-electron chi connectivity index (χ3n) is 9.91. The Labute approximate surface area is 344 Å². The van der Waals surface area contributed by atoms with Crippen molar-refractivity contribution >= 4 is 13.8 Å². The lowest BCUT2D eigenvalue weighted by atomic mass is 9.85. The predicted molar refractivity (Wildman–Crippen MR) is 225 cm³/mol. The van der Waals surface area contributed by atoms with Gasteiger partial charge in [-0.15, -0.1) is 0 Å². The average Bonchev–Trinajstić information content (AvgIpc) is 3.19. The molecular formula is C44H79O12P. The maximum Gasteiger partial charge on any atom is 0.472 e. The summed E-state index contributed by atoms with van der Waals surface area (Å²) in [6.07, 6.45) is 29.0. The summed E-state index contributed by atoms with van der Waals surface area (Å²) in [4.78, 5) is 23.1. The molecule has 12 nitrogen and oxygen atoms in total. The van der Waals surface area contributed by atoms with Crippen molar-refractivity contribution in [3.8, 4) is 0 Å². The number of unbranched alkanes of at least 4 members (excludes halogenated alkanes) is 16. The number of phosphoric ester groups is 1. The molecule has 6 atom stereocenters. The van der Waals surface area contributed by atoms with E-state index in [9.17, 15) is 39.8 Å². The van der Waals surface area contributed by atoms with Gasteiger partial charge in [0.15, 0.2) is 0 Å². The quantitative estimate of drug-likeness (QED) is 0.0153. The number of phosphoric acid groups is 1. The first kappa shape index (κ1) is 53.3. The normalized spacial score (nSPS) is 23.3. The molecule has 1 saturated carbocycles. The SMILES string of the molecule is CCC/C=C\CCCCCCCCOCC(COP(=O)(O)OC1C(O)C(O)C(O)C(O)C1O)OC(=O)CCCCCCCC/C=C\C/C=C\C/C=C\CCCCC. The zero-order valence-corrected chi connectivity index (χ0v) is 36.0. The summed E-state index contributed by atoms with van der Waals surface area (Å²) in [5.74, 6) is -0.494. The first-order chi connectivity index (χ1) is 27.5. The Morgan fingerprint density at radius 2 is 1.02 bits per heavy atom. The predicted octanol–water partition coefficient (Wildman–Crippen LogP) is 8.47. The molecule has 0 aromatic heterocycles. The molecule has 0 bridgehead atoms. The van der Waals surface area contributed by atoms with Gasteiger partial charge in [-0.2, -0.15) is 0 Å². The van der Waals surface area contributed by atoms with Crippen LogP contribution >= 0.6 is 7.82 Å². The van der Waals surface area contributed by atoms with Crippen molar-refractivity contribution in [2.24, 2.45) is 0 Å². The standard InChI is InChI=1S/C44H79O12P/c1-3-5-7-9-11-13-15-16-17-18-19-20-21-22-23-25-27-29-31-33-38(45)55-37(35-53-34-32-30-28-26-24-14-12-10-8-6-4-2)36-54-57(51,52)56-44-42(49)40(47)39(46)41(48)43(44)50/h8,10-11,13,16-17,19-20,37,39-44,46-50H,3-7,9,12,14-15,18,21-36H2,1-2H3,(H,51,52)/b10-8-,13-11-,17-16-,20-19-. The molecule has 1 rings (SSSR count). The molecule has 1 aliphatic carbocycles. The Kier molecular flexibility index (Phi) is 32.8. The van der Waals surface area contributed by atoms with Gasteiger partial charge in [0.05, 0.1) is 13.2 Å². The molecule has 0 aromatic carbocycles. The Bertz CT molecular complexity index is 1130. The molecule has 0 aromatic rings. The number of esters is 1. The van der Waals surface area contributed by atoms with Crippen LogP contribution in [0.25, 0.3) is 0 Å². The molecule has 332 valence electrons. The smallest absolute Gasteiger partial charge is 0.457 e. The second-order valence-electron chi connectivity index (χ2n) is 15.2. The third kappa shape index (κ3) is 27.6. The summed E-state index contributed by atoms with van der Waals surface area (Å²) >= 11 is 0. The molecule has 0 saturated heterocycles. The van der Waals surface area contributed by atoms with Gasteiger partial charge in [0, 0.05) is 13.0 Å². The highest BCUT2D eigenvalue weighted by Crippen LogP contribution is 2.47. The Morgan fingerprint density at radius 1 is 0.561 bits per heavy atom. The van der Waals surface area contributed by atoms with Gasteiger partial charge in [0.25, 0.3) is 0 Å². The maximum atomic E-state index is 12.8. The number of hydrogen-bond acceptors (Lipinski definition) is 11. The number of allylic oxidation sites excluding steroid dienone is 8. The minimum Gasteiger partial charge on any atom is -0.457 e. The monoisotopic (exact) mass is 831 g/mol. The number of carbonyl (C=O) groups excluding carboxylic acids is 1. The highest BCUT2D eigenvalue weighted by molar-refractivity contribution is 7.47. The van der Waals surface area contributed by atoms with E-state index >= 15 is 0 Å². The summed E-state index contributed by atoms with van der Waals surface area (Å²) in [6, 6.07) is 0. The average molecular weight is 831 g/mol. The van der Waals surface area contributed by atoms with Crippen LogP contribution in [0.2, 0.25) is 0 Å². The van der Waals surface area contributed by atoms with Crippen molar-refractivity contribution in [3.63, 3.8) is 0 Å². The first-order valence-corrected chi connectivity index (χ1v) is 23.5. The van der Waals surface area contributed by atoms with Crippen LogP contribution < -0.4 is 0 Å². The fourth-order valence-electron chi connectivity index (χ4n) is 6.36. The number of carbonyl (C=O) groups is 1. The third-order valence-corrected chi connectivity index (χ3v) is 10.9. The van der Waals surface area contributed by atoms with Crippen LogP contribution in [0.1, 0.15) is 162 Å². The number of ether oxygens (including phenoxy) is 2. The molecule has 0 radical (unpaired) electrons. The van der Waals surface area contributed by atoms with Crippen LogP contribution in [0.3, 0.4) is 0 Å². The molecule has 6 N–H and O–H groups in total. The van der Waals surface area contributed by atoms with Crippen molar-refractivity contribution in [2.45, 2.75) is 204 Å². The van der Waals surface area contributed by atoms with E-state index in [1.807, 2.05) is 0 Å². The van der Waals surface area contributed by atoms with E-state index in [0.717, 1.165) is 89.9 Å². The molecule has 0 amide bonds. The van der Waals surface area contributed by atoms with Gasteiger partial charge in [0.2, 0.25) is 0 Å². The molecule has 6 unspecified atom stereocenters. The summed E-state index contributed by atoms with van der Waals surface area (Å²) in [6.45, 7) is 4.13. The Morgan fingerprint density at radius 3 is 1.58 bits per heavy atom. The summed E-state index contributed by atoms with van der Waals surface area (Å²) < 4.78 is 34.1. The highest BCUT2D eigenvalue weighted by atomic mass is 31.2. The lowest BCUT2D eigenvalue weighted by molar-refractivity contribution is -0.220. The second-order valence-corrected chi connectivity index (χ2v) is 16.6. The van der Waals surface area contributed by atoms with E-state index in [1.165, 1.54) is 44.9 Å². The molecule has 0 heterocycles. The second kappa shape index (κ2) is 35.1. The molecule has 1 aliphatic rings. The number of rotatable bonds is 36. The number of aliphatic hydroxyl groups is 5. The summed E-state index contributed by atoms with van der Waals surface area (Å²) in [7, 11) is -5.02. The van der Waals surface area contributed by atoms with Crippen LogP contribution in [-0.4, -0.2) is 98.9 Å². The lowest BCUT2D eigenvalue weighted by Gasteiger charge is -2.41. The summed E-state index contributed by atoms with van der Waals surface area (Å²) in [5, 5.41) is 50.1. The van der Waals surface area contributed by atoms with Crippen LogP contribution in [0.15, 0.2) is 48.6 Å². The van der Waals surface area contributed by atoms with Crippen LogP contribution in [-0.2, 0) is 27.9 Å². The van der Waals surface area contributed by atoms with Crippen molar-refractivity contribution in [3.05, 3.63) is 48.6 Å². The Hall–Kier alpha value is -1.70. The number of hydrogen-bond donors (Lipinski definition) is 6. The van der Waals surface area contributed by atoms with Gasteiger partial charge in [-0.25, -0.2) is 4.57 Å². The topological polar surface area (TPSA) is 192 Å². The van der Waals surface area contributed by atoms with Gasteiger partial charge in [-0.3, -0.25) is 13.8 Å². The Balaban J connectivity index is 2.41. The van der Waals surface area contributed by atoms with E-state index in [0.29, 0.717) is 13.0 Å². The van der Waals surface area contributed by atoms with Crippen LogP contribution in [0.5, 0.6) is 0 Å². The van der Waals surface area contributed by atoms with Crippen molar-refractivity contribution in [2.75, 3.05) is 19.8 Å². The van der Waals surface area contributed by atoms with Crippen molar-refractivity contribution in [1.82, 2.24) is 0 Å². The van der Waals surface area contributed by atoms with Gasteiger partial charge < -0.3 is 39.9 Å². The largest absolute Gasteiger partial charge is 0.472 e. The van der Waals surface area contributed by atoms with E-state index in [1.54, 1.807) is 0 Å². The van der Waals surface area contributed by atoms with E-state index in [-0.39, 0.29) is 13.0 Å². The zero-order valence-electron chi connectivity index (χ0n) is 35.1. The number of aliphatic hydroxyl groups excluding tert-OH is 5. The van der Waals surface area contributed by atoms with Gasteiger partial charge in [-0.05, 0) is 70.6 Å². The molecule has 57 heavy (non-hydrogen) atoms. The summed E-state index contributed by atoms with van der Waals surface area (Å²) in [5.41, 5.74) is 0. The molecule has 0 spiro atoms. The van der Waals surface area contributed by atoms with Crippen molar-refractivity contribution < 1.29 is 58.3 Å². The van der Waals surface area contributed by atoms with Crippen LogP contribution in [0.4, 0.5) is 0 Å². The first-order valence-electron chi connectivity index (χ1n) is 22.0. The zero-order chi connectivity index (χ0) is 42.0. The van der Waals surface area contributed by atoms with Crippen LogP contribution in [0, 0.1) is 0 Å². The fourth-order valence-corrected chi connectivity index (χ4v) is 7.34. The van der Waals surface area contributed by atoms with Gasteiger partial charge in [-0.1, -0.05) is 133 Å². The van der Waals surface area contributed by atoms with E-state index < -0.39 is 63.1 Å².